The lowest BCUT2D eigenvalue weighted by molar-refractivity contribution is -0.141. The Morgan fingerprint density at radius 2 is 1.94 bits per heavy atom. The van der Waals surface area contributed by atoms with Crippen LogP contribution in [0.3, 0.4) is 0 Å². The molecular weight excluding hydrogens is 440 g/mol. The molecule has 34 heavy (non-hydrogen) atoms. The average molecular weight is 470 g/mol. The summed E-state index contributed by atoms with van der Waals surface area (Å²) in [6.07, 6.45) is 3.66. The molecule has 2 N–H and O–H groups in total. The minimum absolute atomic E-state index is 0.124. The van der Waals surface area contributed by atoms with Gasteiger partial charge in [0.25, 0.3) is 0 Å². The van der Waals surface area contributed by atoms with Gasteiger partial charge < -0.3 is 19.6 Å². The maximum Gasteiger partial charge on any atom is 0.307 e. The maximum atomic E-state index is 14.3. The molecule has 0 saturated carbocycles. The lowest BCUT2D eigenvalue weighted by Crippen LogP contribution is -2.36. The molecule has 0 bridgehead atoms. The number of halogens is 2. The van der Waals surface area contributed by atoms with Crippen molar-refractivity contribution in [2.75, 3.05) is 12.4 Å². The number of H-pyrrole nitrogens is 1. The summed E-state index contributed by atoms with van der Waals surface area (Å²) in [5.74, 6) is -0.842. The topological polar surface area (TPSA) is 84.8 Å². The molecular formula is C25H29F2N5O2. The Labute approximate surface area is 196 Å². The molecule has 7 nitrogen and oxygen atoms in total. The van der Waals surface area contributed by atoms with E-state index in [0.717, 1.165) is 11.5 Å². The summed E-state index contributed by atoms with van der Waals surface area (Å²) in [5, 5.41) is 4.57. The van der Waals surface area contributed by atoms with E-state index in [2.05, 4.69) is 10.3 Å². The highest BCUT2D eigenvalue weighted by Crippen LogP contribution is 2.34. The fourth-order valence-electron chi connectivity index (χ4n) is 4.01. The van der Waals surface area contributed by atoms with E-state index in [1.165, 1.54) is 13.2 Å². The van der Waals surface area contributed by atoms with Crippen molar-refractivity contribution in [2.24, 2.45) is 5.41 Å². The first-order chi connectivity index (χ1) is 16.0. The van der Waals surface area contributed by atoms with Crippen molar-refractivity contribution in [3.63, 3.8) is 0 Å². The van der Waals surface area contributed by atoms with Gasteiger partial charge in [-0.2, -0.15) is 0 Å². The van der Waals surface area contributed by atoms with Gasteiger partial charge in [0.1, 0.15) is 23.1 Å². The zero-order valence-electron chi connectivity index (χ0n) is 20.2. The van der Waals surface area contributed by atoms with Gasteiger partial charge in [-0.25, -0.2) is 18.7 Å². The second-order valence-corrected chi connectivity index (χ2v) is 9.81. The number of nitrogens with one attached hydrogen (secondary N) is 2. The van der Waals surface area contributed by atoms with Crippen LogP contribution >= 0.6 is 0 Å². The second-order valence-electron chi connectivity index (χ2n) is 9.81. The number of rotatable bonds is 6. The smallest absolute Gasteiger partial charge is 0.307 e. The van der Waals surface area contributed by atoms with Crippen LogP contribution in [0.1, 0.15) is 47.1 Å². The molecule has 0 amide bonds. The van der Waals surface area contributed by atoms with E-state index in [0.29, 0.717) is 28.2 Å². The number of carbonyl (C=O) groups is 1. The number of benzene rings is 1. The molecule has 9 heteroatoms. The third-order valence-corrected chi connectivity index (χ3v) is 6.03. The Bertz CT molecular complexity index is 1370. The van der Waals surface area contributed by atoms with Gasteiger partial charge in [0.05, 0.1) is 24.4 Å². The van der Waals surface area contributed by atoms with Crippen LogP contribution < -0.4 is 5.32 Å². The van der Waals surface area contributed by atoms with E-state index < -0.39 is 11.6 Å². The Balaban J connectivity index is 1.92. The Morgan fingerprint density at radius 1 is 1.21 bits per heavy atom. The lowest BCUT2D eigenvalue weighted by Gasteiger charge is -2.31. The Morgan fingerprint density at radius 3 is 2.59 bits per heavy atom. The molecule has 0 unspecified atom stereocenters. The van der Waals surface area contributed by atoms with Gasteiger partial charge in [0, 0.05) is 41.5 Å². The van der Waals surface area contributed by atoms with E-state index in [-0.39, 0.29) is 35.4 Å². The number of methoxy groups -OCH3 is 1. The van der Waals surface area contributed by atoms with Crippen molar-refractivity contribution in [1.82, 2.24) is 19.5 Å². The number of aromatic nitrogens is 4. The summed E-state index contributed by atoms with van der Waals surface area (Å²) in [4.78, 5) is 24.5. The summed E-state index contributed by atoms with van der Waals surface area (Å²) >= 11 is 0. The molecule has 0 fully saturated rings. The number of hydrogen-bond acceptors (Lipinski definition) is 5. The van der Waals surface area contributed by atoms with Crippen molar-refractivity contribution < 1.29 is 18.3 Å². The van der Waals surface area contributed by atoms with Crippen molar-refractivity contribution in [2.45, 2.75) is 53.1 Å². The predicted octanol–water partition coefficient (Wildman–Crippen LogP) is 5.83. The molecule has 1 aromatic carbocycles. The van der Waals surface area contributed by atoms with Gasteiger partial charge in [-0.05, 0) is 31.4 Å². The van der Waals surface area contributed by atoms with E-state index in [1.807, 2.05) is 51.4 Å². The number of fused-ring (bicyclic) bond motifs is 2. The van der Waals surface area contributed by atoms with Crippen LogP contribution in [-0.2, 0) is 9.53 Å². The second kappa shape index (κ2) is 8.70. The van der Waals surface area contributed by atoms with Crippen LogP contribution in [0.15, 0.2) is 30.6 Å². The van der Waals surface area contributed by atoms with Crippen LogP contribution in [0.2, 0.25) is 0 Å². The van der Waals surface area contributed by atoms with Crippen LogP contribution in [0.5, 0.6) is 0 Å². The normalized spacial score (nSPS) is 13.1. The largest absolute Gasteiger partial charge is 0.469 e. The van der Waals surface area contributed by atoms with Gasteiger partial charge in [0.15, 0.2) is 5.82 Å². The summed E-state index contributed by atoms with van der Waals surface area (Å²) in [5.41, 5.74) is 1.06. The first-order valence-corrected chi connectivity index (χ1v) is 11.2. The zero-order chi connectivity index (χ0) is 24.8. The summed E-state index contributed by atoms with van der Waals surface area (Å²) < 4.78 is 35.2. The number of esters is 1. The number of hydrogen-bond donors (Lipinski definition) is 2. The summed E-state index contributed by atoms with van der Waals surface area (Å²) in [7, 11) is 1.36. The molecule has 0 aliphatic carbocycles. The van der Waals surface area contributed by atoms with Crippen LogP contribution in [-0.4, -0.2) is 38.6 Å². The molecule has 1 atom stereocenters. The molecule has 4 rings (SSSR count). The monoisotopic (exact) mass is 469 g/mol. The first-order valence-electron chi connectivity index (χ1n) is 11.2. The molecule has 0 aliphatic rings. The molecule has 3 heterocycles. The third kappa shape index (κ3) is 4.34. The highest BCUT2D eigenvalue weighted by Gasteiger charge is 2.29. The standard InChI is InChI=1S/C25H29F2N5O2/c1-13(2)32-8-7-15-22(29-19(25(3,4)5)11-20(33)34-6)30-23(31-24(15)32)17-12-28-21-16(17)9-14(26)10-18(21)27/h7-10,12-13,19,28H,11H2,1-6H3,(H,29,30,31)/t19-/m0/s1. The predicted molar refractivity (Wildman–Crippen MR) is 129 cm³/mol. The van der Waals surface area contributed by atoms with Gasteiger partial charge >= 0.3 is 5.97 Å². The van der Waals surface area contributed by atoms with Crippen molar-refractivity contribution in [3.8, 4) is 11.4 Å². The van der Waals surface area contributed by atoms with Gasteiger partial charge in [-0.15, -0.1) is 0 Å². The van der Waals surface area contributed by atoms with E-state index in [1.54, 1.807) is 6.20 Å². The molecule has 3 aromatic heterocycles. The highest BCUT2D eigenvalue weighted by molar-refractivity contribution is 5.96. The van der Waals surface area contributed by atoms with Crippen LogP contribution in [0.25, 0.3) is 33.3 Å². The van der Waals surface area contributed by atoms with Gasteiger partial charge in [-0.1, -0.05) is 20.8 Å². The van der Waals surface area contributed by atoms with Crippen molar-refractivity contribution in [3.05, 3.63) is 42.2 Å². The zero-order valence-corrected chi connectivity index (χ0v) is 20.2. The SMILES string of the molecule is COC(=O)C[C@H](Nc1nc(-c2c[nH]c3c(F)cc(F)cc23)nc2c1ccn2C(C)C)C(C)(C)C. The van der Waals surface area contributed by atoms with Crippen LogP contribution in [0.4, 0.5) is 14.6 Å². The lowest BCUT2D eigenvalue weighted by atomic mass is 9.84. The highest BCUT2D eigenvalue weighted by atomic mass is 19.1. The molecule has 180 valence electrons. The quantitative estimate of drug-likeness (QED) is 0.347. The Kier molecular flexibility index (Phi) is 6.05. The number of carbonyl (C=O) groups excluding carboxylic acids is 1. The molecule has 0 saturated heterocycles. The Hall–Kier alpha value is -3.49. The molecule has 0 aliphatic heterocycles. The minimum atomic E-state index is -0.683. The summed E-state index contributed by atoms with van der Waals surface area (Å²) in [6, 6.07) is 3.87. The van der Waals surface area contributed by atoms with E-state index in [4.69, 9.17) is 14.7 Å². The molecule has 0 spiro atoms. The number of nitrogens with zero attached hydrogens (tertiary/aromatic N) is 3. The molecule has 0 radical (unpaired) electrons. The fourth-order valence-corrected chi connectivity index (χ4v) is 4.01. The van der Waals surface area contributed by atoms with E-state index in [9.17, 15) is 13.6 Å². The fraction of sp³-hybridized carbons (Fsp3) is 0.400. The van der Waals surface area contributed by atoms with Gasteiger partial charge in [0.2, 0.25) is 0 Å². The maximum absolute atomic E-state index is 14.3. The number of ether oxygens (including phenoxy) is 1. The first kappa shape index (κ1) is 23.7. The van der Waals surface area contributed by atoms with Gasteiger partial charge in [-0.3, -0.25) is 4.79 Å². The minimum Gasteiger partial charge on any atom is -0.469 e. The van der Waals surface area contributed by atoms with E-state index >= 15 is 0 Å². The molecule has 4 aromatic rings. The van der Waals surface area contributed by atoms with Crippen molar-refractivity contribution in [1.29, 1.82) is 0 Å². The number of anilines is 1. The van der Waals surface area contributed by atoms with Crippen LogP contribution in [0, 0.1) is 17.0 Å². The number of aromatic amines is 1. The third-order valence-electron chi connectivity index (χ3n) is 6.03. The average Bonchev–Trinajstić information content (AvgIpc) is 3.36. The van der Waals surface area contributed by atoms with Crippen molar-refractivity contribution >= 4 is 33.7 Å². The summed E-state index contributed by atoms with van der Waals surface area (Å²) in [6.45, 7) is 10.2.